The van der Waals surface area contributed by atoms with Crippen LogP contribution in [0, 0.1) is 5.92 Å². The van der Waals surface area contributed by atoms with Gasteiger partial charge in [-0.25, -0.2) is 0 Å². The number of hydrogen-bond acceptors (Lipinski definition) is 3. The van der Waals surface area contributed by atoms with E-state index in [1.807, 2.05) is 0 Å². The van der Waals surface area contributed by atoms with E-state index in [0.717, 1.165) is 24.3 Å². The van der Waals surface area contributed by atoms with E-state index in [1.54, 1.807) is 18.2 Å². The first-order chi connectivity index (χ1) is 10.6. The molecule has 2 N–H and O–H groups in total. The molecular weight excluding hydrogens is 278 g/mol. The number of unbranched alkanes of at least 4 members (excludes halogenated alkanes) is 2. The molecule has 1 atom stereocenters. The fraction of sp³-hybridized carbons (Fsp3) is 0.611. The first-order valence-corrected chi connectivity index (χ1v) is 8.19. The summed E-state index contributed by atoms with van der Waals surface area (Å²) in [6.07, 6.45) is 6.33. The Balaban J connectivity index is 2.20. The molecule has 0 heterocycles. The van der Waals surface area contributed by atoms with Gasteiger partial charge in [-0.1, -0.05) is 45.6 Å². The van der Waals surface area contributed by atoms with Crippen LogP contribution in [-0.4, -0.2) is 18.1 Å². The van der Waals surface area contributed by atoms with Gasteiger partial charge in [0.15, 0.2) is 11.5 Å². The maximum atomic E-state index is 11.8. The summed E-state index contributed by atoms with van der Waals surface area (Å²) in [6.45, 7) is 4.96. The Hall–Kier alpha value is -1.71. The molecule has 1 amide bonds. The molecule has 1 unspecified atom stereocenters. The number of methoxy groups -OCH3 is 1. The van der Waals surface area contributed by atoms with Gasteiger partial charge in [-0.05, 0) is 30.0 Å². The third-order valence-corrected chi connectivity index (χ3v) is 4.03. The van der Waals surface area contributed by atoms with Crippen molar-refractivity contribution in [3.8, 4) is 11.5 Å². The number of ether oxygens (including phenoxy) is 1. The largest absolute Gasteiger partial charge is 0.504 e. The number of amides is 1. The number of phenols is 1. The Morgan fingerprint density at radius 3 is 2.77 bits per heavy atom. The molecule has 0 aliphatic carbocycles. The van der Waals surface area contributed by atoms with Crippen LogP contribution in [0.4, 0.5) is 0 Å². The zero-order valence-electron chi connectivity index (χ0n) is 14.0. The molecule has 124 valence electrons. The lowest BCUT2D eigenvalue weighted by atomic mass is 10.0. The molecule has 1 aromatic carbocycles. The average molecular weight is 307 g/mol. The smallest absolute Gasteiger partial charge is 0.220 e. The van der Waals surface area contributed by atoms with Crippen LogP contribution in [0.2, 0.25) is 0 Å². The van der Waals surface area contributed by atoms with Gasteiger partial charge in [-0.2, -0.15) is 0 Å². The first kappa shape index (κ1) is 18.3. The molecular formula is C18H29NO3. The molecule has 1 rings (SSSR count). The van der Waals surface area contributed by atoms with Crippen LogP contribution in [0.15, 0.2) is 18.2 Å². The van der Waals surface area contributed by atoms with Gasteiger partial charge in [0.2, 0.25) is 5.91 Å². The van der Waals surface area contributed by atoms with Gasteiger partial charge in [-0.15, -0.1) is 0 Å². The highest BCUT2D eigenvalue weighted by Crippen LogP contribution is 2.26. The summed E-state index contributed by atoms with van der Waals surface area (Å²) in [4.78, 5) is 11.8. The second-order valence-electron chi connectivity index (χ2n) is 5.90. The summed E-state index contributed by atoms with van der Waals surface area (Å²) >= 11 is 0. The van der Waals surface area contributed by atoms with Crippen LogP contribution >= 0.6 is 0 Å². The van der Waals surface area contributed by atoms with Gasteiger partial charge in [0.05, 0.1) is 7.11 Å². The number of aromatic hydroxyl groups is 1. The lowest BCUT2D eigenvalue weighted by Crippen LogP contribution is -2.22. The van der Waals surface area contributed by atoms with Crippen molar-refractivity contribution >= 4 is 5.91 Å². The molecule has 0 fully saturated rings. The highest BCUT2D eigenvalue weighted by Gasteiger charge is 2.05. The number of nitrogens with one attached hydrogen (secondary N) is 1. The monoisotopic (exact) mass is 307 g/mol. The molecule has 0 aliphatic heterocycles. The van der Waals surface area contributed by atoms with E-state index < -0.39 is 0 Å². The van der Waals surface area contributed by atoms with Gasteiger partial charge < -0.3 is 15.2 Å². The predicted octanol–water partition coefficient (Wildman–Crippen LogP) is 4.01. The van der Waals surface area contributed by atoms with Crippen molar-refractivity contribution in [2.24, 2.45) is 5.92 Å². The average Bonchev–Trinajstić information content (AvgIpc) is 2.53. The lowest BCUT2D eigenvalue weighted by molar-refractivity contribution is -0.121. The minimum absolute atomic E-state index is 0.0792. The van der Waals surface area contributed by atoms with Crippen molar-refractivity contribution in [3.05, 3.63) is 23.8 Å². The molecule has 0 aliphatic rings. The Morgan fingerprint density at radius 1 is 1.32 bits per heavy atom. The van der Waals surface area contributed by atoms with Crippen molar-refractivity contribution in [2.45, 2.75) is 58.9 Å². The highest BCUT2D eigenvalue weighted by molar-refractivity contribution is 5.75. The summed E-state index contributed by atoms with van der Waals surface area (Å²) in [5, 5.41) is 12.4. The first-order valence-electron chi connectivity index (χ1n) is 8.19. The summed E-state index contributed by atoms with van der Waals surface area (Å²) in [6, 6.07) is 5.10. The van der Waals surface area contributed by atoms with Crippen molar-refractivity contribution < 1.29 is 14.6 Å². The van der Waals surface area contributed by atoms with E-state index in [2.05, 4.69) is 19.2 Å². The number of hydrogen-bond donors (Lipinski definition) is 2. The summed E-state index contributed by atoms with van der Waals surface area (Å²) in [7, 11) is 1.51. The number of benzene rings is 1. The third kappa shape index (κ3) is 6.83. The lowest BCUT2D eigenvalue weighted by Gasteiger charge is -2.09. The van der Waals surface area contributed by atoms with Gasteiger partial charge >= 0.3 is 0 Å². The SMILES string of the molecule is CCC(C)CCCCCC(=O)NCc1ccc(O)c(OC)c1. The fourth-order valence-corrected chi connectivity index (χ4v) is 2.28. The molecule has 22 heavy (non-hydrogen) atoms. The molecule has 0 spiro atoms. The summed E-state index contributed by atoms with van der Waals surface area (Å²) in [5.74, 6) is 1.41. The van der Waals surface area contributed by atoms with E-state index in [1.165, 1.54) is 26.4 Å². The zero-order valence-corrected chi connectivity index (χ0v) is 14.0. The van der Waals surface area contributed by atoms with E-state index >= 15 is 0 Å². The van der Waals surface area contributed by atoms with Crippen LogP contribution in [0.5, 0.6) is 11.5 Å². The van der Waals surface area contributed by atoms with Crippen LogP contribution < -0.4 is 10.1 Å². The molecule has 4 nitrogen and oxygen atoms in total. The van der Waals surface area contributed by atoms with Crippen molar-refractivity contribution in [1.29, 1.82) is 0 Å². The molecule has 0 saturated heterocycles. The standard InChI is InChI=1S/C18H29NO3/c1-4-14(2)8-6-5-7-9-18(21)19-13-15-10-11-16(20)17(12-15)22-3/h10-12,14,20H,4-9,13H2,1-3H3,(H,19,21). The van der Waals surface area contributed by atoms with Crippen LogP contribution in [-0.2, 0) is 11.3 Å². The third-order valence-electron chi connectivity index (χ3n) is 4.03. The van der Waals surface area contributed by atoms with Crippen LogP contribution in [0.3, 0.4) is 0 Å². The quantitative estimate of drug-likeness (QED) is 0.642. The summed E-state index contributed by atoms with van der Waals surface area (Å²) < 4.78 is 5.05. The van der Waals surface area contributed by atoms with Gasteiger partial charge in [0, 0.05) is 13.0 Å². The van der Waals surface area contributed by atoms with E-state index in [0.29, 0.717) is 18.7 Å². The minimum Gasteiger partial charge on any atom is -0.504 e. The number of phenolic OH excluding ortho intramolecular Hbond substituents is 1. The van der Waals surface area contributed by atoms with E-state index in [-0.39, 0.29) is 11.7 Å². The molecule has 0 radical (unpaired) electrons. The summed E-state index contributed by atoms with van der Waals surface area (Å²) in [5.41, 5.74) is 0.916. The second-order valence-corrected chi connectivity index (χ2v) is 5.90. The van der Waals surface area contributed by atoms with Crippen molar-refractivity contribution in [2.75, 3.05) is 7.11 Å². The van der Waals surface area contributed by atoms with Gasteiger partial charge in [0.25, 0.3) is 0 Å². The maximum absolute atomic E-state index is 11.8. The van der Waals surface area contributed by atoms with Crippen LogP contribution in [0.25, 0.3) is 0 Å². The fourth-order valence-electron chi connectivity index (χ4n) is 2.28. The van der Waals surface area contributed by atoms with E-state index in [9.17, 15) is 9.90 Å². The highest BCUT2D eigenvalue weighted by atomic mass is 16.5. The number of rotatable bonds is 10. The van der Waals surface area contributed by atoms with Crippen LogP contribution in [0.1, 0.15) is 57.9 Å². The molecule has 4 heteroatoms. The Morgan fingerprint density at radius 2 is 2.09 bits per heavy atom. The second kappa shape index (κ2) is 10.1. The Labute approximate surface area is 133 Å². The predicted molar refractivity (Wildman–Crippen MR) is 89.0 cm³/mol. The van der Waals surface area contributed by atoms with Crippen molar-refractivity contribution in [3.63, 3.8) is 0 Å². The van der Waals surface area contributed by atoms with E-state index in [4.69, 9.17) is 4.74 Å². The molecule has 1 aromatic rings. The normalized spacial score (nSPS) is 12.0. The topological polar surface area (TPSA) is 58.6 Å². The van der Waals surface area contributed by atoms with Gasteiger partial charge in [0.1, 0.15) is 0 Å². The maximum Gasteiger partial charge on any atom is 0.220 e. The van der Waals surface area contributed by atoms with Crippen molar-refractivity contribution in [1.82, 2.24) is 5.32 Å². The minimum atomic E-state index is 0.0792. The Bertz CT molecular complexity index is 460. The zero-order chi connectivity index (χ0) is 16.4. The molecule has 0 saturated carbocycles. The molecule has 0 aromatic heterocycles. The molecule has 0 bridgehead atoms. The number of carbonyl (C=O) groups excluding carboxylic acids is 1. The Kier molecular flexibility index (Phi) is 8.41. The number of carbonyl (C=O) groups is 1. The van der Waals surface area contributed by atoms with Gasteiger partial charge in [-0.3, -0.25) is 4.79 Å².